The van der Waals surface area contributed by atoms with Crippen molar-refractivity contribution in [2.45, 2.75) is 64.5 Å². The molecule has 0 spiro atoms. The van der Waals surface area contributed by atoms with E-state index in [0.29, 0.717) is 12.0 Å². The number of fused-ring (bicyclic) bond motifs is 1. The van der Waals surface area contributed by atoms with Crippen LogP contribution in [-0.4, -0.2) is 34.7 Å². The van der Waals surface area contributed by atoms with Gasteiger partial charge in [-0.15, -0.1) is 0 Å². The molecule has 2 aliphatic rings. The van der Waals surface area contributed by atoms with Gasteiger partial charge in [-0.2, -0.15) is 0 Å². The maximum atomic E-state index is 10.6. The highest BCUT2D eigenvalue weighted by Gasteiger charge is 2.43. The summed E-state index contributed by atoms with van der Waals surface area (Å²) in [6.07, 6.45) is 8.21. The van der Waals surface area contributed by atoms with Crippen molar-refractivity contribution < 1.29 is 5.11 Å². The van der Waals surface area contributed by atoms with E-state index in [1.54, 1.807) is 0 Å². The van der Waals surface area contributed by atoms with Crippen LogP contribution < -0.4 is 0 Å². The first-order chi connectivity index (χ1) is 8.03. The van der Waals surface area contributed by atoms with Crippen LogP contribution in [-0.2, 0) is 0 Å². The van der Waals surface area contributed by atoms with Crippen molar-refractivity contribution in [2.75, 3.05) is 13.1 Å². The second-order valence-corrected chi connectivity index (χ2v) is 6.25. The average Bonchev–Trinajstić information content (AvgIpc) is 2.65. The maximum absolute atomic E-state index is 10.6. The number of hydrogen-bond acceptors (Lipinski definition) is 2. The lowest BCUT2D eigenvalue weighted by Crippen LogP contribution is -2.52. The first-order valence-corrected chi connectivity index (χ1v) is 7.19. The molecule has 2 heteroatoms. The van der Waals surface area contributed by atoms with Gasteiger partial charge in [0.15, 0.2) is 0 Å². The van der Waals surface area contributed by atoms with E-state index in [9.17, 15) is 5.11 Å². The zero-order valence-electron chi connectivity index (χ0n) is 11.6. The van der Waals surface area contributed by atoms with Crippen LogP contribution in [0.4, 0.5) is 0 Å². The molecule has 2 nitrogen and oxygen atoms in total. The fraction of sp³-hybridized carbons (Fsp3) is 0.867. The Morgan fingerprint density at radius 3 is 3.06 bits per heavy atom. The fourth-order valence-corrected chi connectivity index (χ4v) is 3.67. The van der Waals surface area contributed by atoms with Gasteiger partial charge < -0.3 is 5.11 Å². The Morgan fingerprint density at radius 2 is 2.35 bits per heavy atom. The summed E-state index contributed by atoms with van der Waals surface area (Å²) in [5.74, 6) is 0.657. The summed E-state index contributed by atoms with van der Waals surface area (Å²) in [6.45, 7) is 8.81. The highest BCUT2D eigenvalue weighted by Crippen LogP contribution is 2.37. The smallest absolute Gasteiger partial charge is 0.0811 e. The predicted octanol–water partition coefficient (Wildman–Crippen LogP) is 2.97. The molecule has 2 saturated heterocycles. The fourth-order valence-electron chi connectivity index (χ4n) is 3.67. The van der Waals surface area contributed by atoms with Gasteiger partial charge in [-0.25, -0.2) is 0 Å². The van der Waals surface area contributed by atoms with Crippen molar-refractivity contribution in [2.24, 2.45) is 5.92 Å². The van der Waals surface area contributed by atoms with Crippen LogP contribution in [0.1, 0.15) is 52.9 Å². The molecule has 2 heterocycles. The summed E-state index contributed by atoms with van der Waals surface area (Å²) in [6, 6.07) is 0.404. The Labute approximate surface area is 106 Å². The van der Waals surface area contributed by atoms with Crippen molar-refractivity contribution >= 4 is 0 Å². The molecule has 3 unspecified atom stereocenters. The van der Waals surface area contributed by atoms with E-state index in [1.807, 2.05) is 6.92 Å². The Hall–Kier alpha value is -0.340. The van der Waals surface area contributed by atoms with Crippen LogP contribution in [0.2, 0.25) is 0 Å². The number of allylic oxidation sites excluding steroid dienone is 1. The zero-order valence-corrected chi connectivity index (χ0v) is 11.6. The molecule has 3 atom stereocenters. The molecule has 0 aromatic rings. The minimum Gasteiger partial charge on any atom is -0.388 e. The van der Waals surface area contributed by atoms with Crippen molar-refractivity contribution in [3.05, 3.63) is 11.6 Å². The van der Waals surface area contributed by atoms with Gasteiger partial charge >= 0.3 is 0 Å². The van der Waals surface area contributed by atoms with Crippen molar-refractivity contribution in [3.63, 3.8) is 0 Å². The summed E-state index contributed by atoms with van der Waals surface area (Å²) in [5, 5.41) is 10.6. The lowest BCUT2D eigenvalue weighted by molar-refractivity contribution is -0.0330. The predicted molar refractivity (Wildman–Crippen MR) is 72.0 cm³/mol. The Morgan fingerprint density at radius 1 is 1.59 bits per heavy atom. The topological polar surface area (TPSA) is 23.5 Å². The largest absolute Gasteiger partial charge is 0.388 e. The van der Waals surface area contributed by atoms with Crippen molar-refractivity contribution in [1.29, 1.82) is 0 Å². The van der Waals surface area contributed by atoms with E-state index in [0.717, 1.165) is 13.0 Å². The van der Waals surface area contributed by atoms with Crippen LogP contribution in [0.25, 0.3) is 0 Å². The molecule has 2 aliphatic heterocycles. The zero-order chi connectivity index (χ0) is 12.5. The first kappa shape index (κ1) is 13.1. The molecule has 0 aliphatic carbocycles. The van der Waals surface area contributed by atoms with Crippen LogP contribution in [0.15, 0.2) is 11.6 Å². The normalized spacial score (nSPS) is 38.4. The Kier molecular flexibility index (Phi) is 3.94. The lowest BCUT2D eigenvalue weighted by Gasteiger charge is -2.43. The van der Waals surface area contributed by atoms with E-state index < -0.39 is 5.60 Å². The third-order valence-electron chi connectivity index (χ3n) is 4.34. The second-order valence-electron chi connectivity index (χ2n) is 6.25. The van der Waals surface area contributed by atoms with Gasteiger partial charge in [0, 0.05) is 12.6 Å². The lowest BCUT2D eigenvalue weighted by atomic mass is 9.82. The van der Waals surface area contributed by atoms with Gasteiger partial charge in [0.1, 0.15) is 0 Å². The van der Waals surface area contributed by atoms with Crippen LogP contribution in [0, 0.1) is 5.92 Å². The standard InChI is InChI=1S/C15H27NO/c1-4-6-12(2)9-13-10-15(3,17)14-7-5-8-16(14)11-13/h9,12,14,17H,4-8,10-11H2,1-3H3. The van der Waals surface area contributed by atoms with Gasteiger partial charge in [-0.3, -0.25) is 4.90 Å². The molecule has 0 bridgehead atoms. The molecule has 17 heavy (non-hydrogen) atoms. The molecule has 0 aromatic heterocycles. The number of hydrogen-bond donors (Lipinski definition) is 1. The quantitative estimate of drug-likeness (QED) is 0.763. The summed E-state index contributed by atoms with van der Waals surface area (Å²) in [7, 11) is 0. The Balaban J connectivity index is 2.06. The van der Waals surface area contributed by atoms with E-state index >= 15 is 0 Å². The molecular weight excluding hydrogens is 210 g/mol. The van der Waals surface area contributed by atoms with Crippen LogP contribution in [0.3, 0.4) is 0 Å². The third-order valence-corrected chi connectivity index (χ3v) is 4.34. The van der Waals surface area contributed by atoms with Gasteiger partial charge in [0.2, 0.25) is 0 Å². The molecule has 0 radical (unpaired) electrons. The number of rotatable bonds is 3. The molecule has 1 N–H and O–H groups in total. The second kappa shape index (κ2) is 5.11. The molecule has 98 valence electrons. The van der Waals surface area contributed by atoms with Gasteiger partial charge in [0.05, 0.1) is 5.60 Å². The third kappa shape index (κ3) is 2.92. The minimum atomic E-state index is -0.507. The molecular formula is C15H27NO. The summed E-state index contributed by atoms with van der Waals surface area (Å²) < 4.78 is 0. The summed E-state index contributed by atoms with van der Waals surface area (Å²) in [4.78, 5) is 2.48. The molecule has 0 amide bonds. The Bertz CT molecular complexity index is 295. The summed E-state index contributed by atoms with van der Waals surface area (Å²) in [5.41, 5.74) is 0.945. The minimum absolute atomic E-state index is 0.404. The molecule has 2 fully saturated rings. The average molecular weight is 237 g/mol. The highest BCUT2D eigenvalue weighted by molar-refractivity contribution is 5.17. The van der Waals surface area contributed by atoms with Crippen molar-refractivity contribution in [3.8, 4) is 0 Å². The van der Waals surface area contributed by atoms with Gasteiger partial charge in [-0.1, -0.05) is 31.9 Å². The van der Waals surface area contributed by atoms with Crippen LogP contribution >= 0.6 is 0 Å². The van der Waals surface area contributed by atoms with Crippen LogP contribution in [0.5, 0.6) is 0 Å². The maximum Gasteiger partial charge on any atom is 0.0811 e. The SMILES string of the molecule is CCCC(C)C=C1CN2CCCC2C(C)(O)C1. The number of aliphatic hydroxyl groups is 1. The first-order valence-electron chi connectivity index (χ1n) is 7.19. The van der Waals surface area contributed by atoms with E-state index in [-0.39, 0.29) is 0 Å². The van der Waals surface area contributed by atoms with E-state index in [4.69, 9.17) is 0 Å². The molecule has 0 saturated carbocycles. The highest BCUT2D eigenvalue weighted by atomic mass is 16.3. The van der Waals surface area contributed by atoms with Crippen molar-refractivity contribution in [1.82, 2.24) is 4.90 Å². The monoisotopic (exact) mass is 237 g/mol. The van der Waals surface area contributed by atoms with E-state index in [1.165, 1.54) is 37.8 Å². The number of nitrogens with zero attached hydrogens (tertiary/aromatic N) is 1. The number of piperidine rings is 1. The summed E-state index contributed by atoms with van der Waals surface area (Å²) >= 11 is 0. The van der Waals surface area contributed by atoms with Gasteiger partial charge in [-0.05, 0) is 45.1 Å². The molecule has 2 rings (SSSR count). The van der Waals surface area contributed by atoms with Gasteiger partial charge in [0.25, 0.3) is 0 Å². The molecule has 0 aromatic carbocycles. The van der Waals surface area contributed by atoms with E-state index in [2.05, 4.69) is 24.8 Å².